The number of carbonyl (C=O) groups is 2. The van der Waals surface area contributed by atoms with E-state index in [1.54, 1.807) is 49.5 Å². The molecule has 3 aromatic carbocycles. The van der Waals surface area contributed by atoms with E-state index in [9.17, 15) is 9.59 Å². The lowest BCUT2D eigenvalue weighted by molar-refractivity contribution is -0.132. The first kappa shape index (κ1) is 22.9. The summed E-state index contributed by atoms with van der Waals surface area (Å²) in [6, 6.07) is 23.0. The Balaban J connectivity index is 1.53. The van der Waals surface area contributed by atoms with Crippen LogP contribution in [0, 0.1) is 0 Å². The maximum atomic E-state index is 13.1. The number of benzene rings is 3. The number of hydrogen-bond donors (Lipinski definition) is 1. The van der Waals surface area contributed by atoms with Gasteiger partial charge in [-0.15, -0.1) is 0 Å². The number of para-hydroxylation sites is 1. The number of ether oxygens (including phenoxy) is 3. The molecule has 7 nitrogen and oxygen atoms in total. The monoisotopic (exact) mass is 458 g/mol. The van der Waals surface area contributed by atoms with Gasteiger partial charge in [-0.1, -0.05) is 60.7 Å². The Kier molecular flexibility index (Phi) is 7.13. The maximum Gasteiger partial charge on any atom is 0.258 e. The van der Waals surface area contributed by atoms with E-state index in [1.165, 1.54) is 0 Å². The number of hydrogen-bond acceptors (Lipinski definition) is 5. The summed E-state index contributed by atoms with van der Waals surface area (Å²) in [5.74, 6) is 1.08. The van der Waals surface area contributed by atoms with Gasteiger partial charge in [-0.2, -0.15) is 0 Å². The third-order valence-corrected chi connectivity index (χ3v) is 5.50. The van der Waals surface area contributed by atoms with Crippen molar-refractivity contribution in [2.75, 3.05) is 25.7 Å². The fourth-order valence-corrected chi connectivity index (χ4v) is 3.78. The van der Waals surface area contributed by atoms with Crippen LogP contribution in [0.2, 0.25) is 0 Å². The zero-order valence-corrected chi connectivity index (χ0v) is 19.0. The van der Waals surface area contributed by atoms with Crippen LogP contribution in [0.5, 0.6) is 17.2 Å². The molecule has 0 bridgehead atoms. The highest BCUT2D eigenvalue weighted by atomic mass is 16.5. The summed E-state index contributed by atoms with van der Waals surface area (Å²) in [7, 11) is 3.10. The van der Waals surface area contributed by atoms with E-state index in [0.29, 0.717) is 22.9 Å². The minimum atomic E-state index is -0.708. The van der Waals surface area contributed by atoms with E-state index in [4.69, 9.17) is 14.2 Å². The third-order valence-electron chi connectivity index (χ3n) is 5.50. The van der Waals surface area contributed by atoms with Gasteiger partial charge in [0.1, 0.15) is 11.8 Å². The molecule has 34 heavy (non-hydrogen) atoms. The fourth-order valence-electron chi connectivity index (χ4n) is 3.78. The molecule has 2 atom stereocenters. The molecule has 1 N–H and O–H groups in total. The SMILES string of the molecule is COc1ccc(N2C(=O)C(NC(=O)COc3ccccc3)C2C=Cc2ccccc2)cc1OC. The van der Waals surface area contributed by atoms with Crippen LogP contribution in [0.3, 0.4) is 0 Å². The van der Waals surface area contributed by atoms with E-state index in [1.807, 2.05) is 60.7 Å². The molecule has 0 aliphatic carbocycles. The lowest BCUT2D eigenvalue weighted by Crippen LogP contribution is -2.70. The number of anilines is 1. The number of methoxy groups -OCH3 is 2. The van der Waals surface area contributed by atoms with E-state index in [0.717, 1.165) is 5.56 Å². The topological polar surface area (TPSA) is 77.1 Å². The van der Waals surface area contributed by atoms with Gasteiger partial charge in [0, 0.05) is 11.8 Å². The summed E-state index contributed by atoms with van der Waals surface area (Å²) in [5.41, 5.74) is 1.64. The number of amides is 2. The van der Waals surface area contributed by atoms with E-state index in [-0.39, 0.29) is 24.5 Å². The molecular weight excluding hydrogens is 432 g/mol. The number of β-lactam (4-membered cyclic amide) rings is 1. The average molecular weight is 459 g/mol. The molecule has 3 aromatic rings. The standard InChI is InChI=1S/C27H26N2O5/c1-32-23-16-14-20(17-24(23)33-2)29-22(15-13-19-9-5-3-6-10-19)26(27(29)31)28-25(30)18-34-21-11-7-4-8-12-21/h3-17,22,26H,18H2,1-2H3,(H,28,30). The molecule has 2 amide bonds. The molecule has 1 fully saturated rings. The largest absolute Gasteiger partial charge is 0.493 e. The van der Waals surface area contributed by atoms with Crippen molar-refractivity contribution in [1.29, 1.82) is 0 Å². The molecule has 4 rings (SSSR count). The van der Waals surface area contributed by atoms with Crippen LogP contribution in [-0.2, 0) is 9.59 Å². The van der Waals surface area contributed by atoms with Gasteiger partial charge in [0.2, 0.25) is 0 Å². The Labute approximate surface area is 198 Å². The predicted octanol–water partition coefficient (Wildman–Crippen LogP) is 3.70. The van der Waals surface area contributed by atoms with E-state index < -0.39 is 6.04 Å². The maximum absolute atomic E-state index is 13.1. The lowest BCUT2D eigenvalue weighted by atomic mass is 9.92. The predicted molar refractivity (Wildman–Crippen MR) is 130 cm³/mol. The van der Waals surface area contributed by atoms with Crippen LogP contribution in [0.4, 0.5) is 5.69 Å². The Bertz CT molecular complexity index is 1160. The number of nitrogens with one attached hydrogen (secondary N) is 1. The zero-order valence-electron chi connectivity index (χ0n) is 19.0. The minimum Gasteiger partial charge on any atom is -0.493 e. The van der Waals surface area contributed by atoms with Crippen molar-refractivity contribution in [3.05, 3.63) is 90.5 Å². The van der Waals surface area contributed by atoms with Gasteiger partial charge < -0.3 is 24.4 Å². The molecule has 2 unspecified atom stereocenters. The van der Waals surface area contributed by atoms with Gasteiger partial charge in [-0.05, 0) is 29.8 Å². The minimum absolute atomic E-state index is 0.181. The second kappa shape index (κ2) is 10.6. The summed E-state index contributed by atoms with van der Waals surface area (Å²) in [5, 5.41) is 2.81. The molecule has 0 spiro atoms. The van der Waals surface area contributed by atoms with Crippen molar-refractivity contribution >= 4 is 23.6 Å². The molecule has 1 aliphatic rings. The first-order valence-electron chi connectivity index (χ1n) is 10.9. The van der Waals surface area contributed by atoms with Crippen molar-refractivity contribution in [3.63, 3.8) is 0 Å². The highest BCUT2D eigenvalue weighted by Gasteiger charge is 2.47. The molecule has 174 valence electrons. The third kappa shape index (κ3) is 5.04. The quantitative estimate of drug-likeness (QED) is 0.495. The van der Waals surface area contributed by atoms with Gasteiger partial charge in [-0.3, -0.25) is 9.59 Å². The van der Waals surface area contributed by atoms with Gasteiger partial charge in [0.25, 0.3) is 11.8 Å². The molecular formula is C27H26N2O5. The molecule has 0 aromatic heterocycles. The lowest BCUT2D eigenvalue weighted by Gasteiger charge is -2.46. The smallest absolute Gasteiger partial charge is 0.258 e. The van der Waals surface area contributed by atoms with Crippen molar-refractivity contribution in [2.45, 2.75) is 12.1 Å². The molecule has 1 heterocycles. The van der Waals surface area contributed by atoms with Crippen molar-refractivity contribution in [2.24, 2.45) is 0 Å². The molecule has 7 heteroatoms. The Morgan fingerprint density at radius 1 is 0.941 bits per heavy atom. The highest BCUT2D eigenvalue weighted by molar-refractivity contribution is 6.08. The number of carbonyl (C=O) groups excluding carboxylic acids is 2. The summed E-state index contributed by atoms with van der Waals surface area (Å²) >= 11 is 0. The van der Waals surface area contributed by atoms with Crippen LogP contribution >= 0.6 is 0 Å². The molecule has 1 saturated heterocycles. The summed E-state index contributed by atoms with van der Waals surface area (Å²) < 4.78 is 16.2. The Morgan fingerprint density at radius 2 is 1.62 bits per heavy atom. The first-order chi connectivity index (χ1) is 16.6. The summed E-state index contributed by atoms with van der Waals surface area (Å²) in [4.78, 5) is 27.3. The van der Waals surface area contributed by atoms with Crippen molar-refractivity contribution in [3.8, 4) is 17.2 Å². The van der Waals surface area contributed by atoms with Crippen molar-refractivity contribution < 1.29 is 23.8 Å². The fraction of sp³-hybridized carbons (Fsp3) is 0.185. The van der Waals surface area contributed by atoms with Gasteiger partial charge in [0.15, 0.2) is 18.1 Å². The van der Waals surface area contributed by atoms with Crippen LogP contribution in [-0.4, -0.2) is 44.7 Å². The molecule has 0 saturated carbocycles. The second-order valence-corrected chi connectivity index (χ2v) is 7.65. The normalized spacial score (nSPS) is 17.2. The van der Waals surface area contributed by atoms with Crippen LogP contribution in [0.15, 0.2) is 84.9 Å². The van der Waals surface area contributed by atoms with Gasteiger partial charge in [0.05, 0.1) is 20.3 Å². The summed E-state index contributed by atoms with van der Waals surface area (Å²) in [6.07, 6.45) is 3.85. The molecule has 1 aliphatic heterocycles. The first-order valence-corrected chi connectivity index (χ1v) is 10.9. The number of rotatable bonds is 9. The van der Waals surface area contributed by atoms with E-state index in [2.05, 4.69) is 5.32 Å². The van der Waals surface area contributed by atoms with Gasteiger partial charge in [-0.25, -0.2) is 0 Å². The highest BCUT2D eigenvalue weighted by Crippen LogP contribution is 2.36. The van der Waals surface area contributed by atoms with Crippen LogP contribution in [0.1, 0.15) is 5.56 Å². The van der Waals surface area contributed by atoms with Crippen LogP contribution in [0.25, 0.3) is 6.08 Å². The van der Waals surface area contributed by atoms with E-state index >= 15 is 0 Å². The summed E-state index contributed by atoms with van der Waals surface area (Å²) in [6.45, 7) is -0.181. The average Bonchev–Trinajstić information content (AvgIpc) is 2.89. The zero-order chi connectivity index (χ0) is 23.9. The van der Waals surface area contributed by atoms with Crippen LogP contribution < -0.4 is 24.4 Å². The molecule has 0 radical (unpaired) electrons. The van der Waals surface area contributed by atoms with Crippen molar-refractivity contribution in [1.82, 2.24) is 5.32 Å². The number of nitrogens with zero attached hydrogens (tertiary/aromatic N) is 1. The second-order valence-electron chi connectivity index (χ2n) is 7.65. The Hall–Kier alpha value is -4.26. The van der Waals surface area contributed by atoms with Gasteiger partial charge >= 0.3 is 0 Å². The Morgan fingerprint density at radius 3 is 2.29 bits per heavy atom.